The molecule has 7 heteroatoms. The molecule has 2 aromatic carbocycles. The summed E-state index contributed by atoms with van der Waals surface area (Å²) in [6.45, 7) is 10.5. The quantitative estimate of drug-likeness (QED) is 0.514. The summed E-state index contributed by atoms with van der Waals surface area (Å²) < 4.78 is 19.1. The summed E-state index contributed by atoms with van der Waals surface area (Å²) >= 11 is 6.18. The molecule has 0 aromatic heterocycles. The number of hydrogen-bond acceptors (Lipinski definition) is 4. The van der Waals surface area contributed by atoms with Crippen molar-refractivity contribution in [2.45, 2.75) is 65.2 Å². The van der Waals surface area contributed by atoms with Crippen molar-refractivity contribution in [2.75, 3.05) is 25.0 Å². The van der Waals surface area contributed by atoms with Gasteiger partial charge in [-0.15, -0.1) is 0 Å². The van der Waals surface area contributed by atoms with E-state index in [4.69, 9.17) is 16.3 Å². The van der Waals surface area contributed by atoms with Crippen LogP contribution in [0.1, 0.15) is 46.1 Å². The number of nitrogens with zero attached hydrogens (tertiary/aromatic N) is 2. The third kappa shape index (κ3) is 7.08. The molecular weight excluding hydrogens is 441 g/mol. The highest BCUT2D eigenvalue weighted by Gasteiger charge is 2.32. The molecule has 33 heavy (non-hydrogen) atoms. The number of carbonyl (C=O) groups is 1. The van der Waals surface area contributed by atoms with Crippen LogP contribution in [0.4, 0.5) is 10.1 Å². The topological polar surface area (TPSA) is 44.8 Å². The molecule has 0 spiro atoms. The minimum absolute atomic E-state index is 0.0203. The summed E-state index contributed by atoms with van der Waals surface area (Å²) in [5, 5.41) is 4.06. The zero-order valence-corrected chi connectivity index (χ0v) is 20.7. The van der Waals surface area contributed by atoms with E-state index in [1.54, 1.807) is 6.07 Å². The summed E-state index contributed by atoms with van der Waals surface area (Å²) in [7, 11) is 0. The lowest BCUT2D eigenvalue weighted by atomic mass is 10.1. The van der Waals surface area contributed by atoms with Gasteiger partial charge in [0.15, 0.2) is 6.61 Å². The third-order valence-corrected chi connectivity index (χ3v) is 6.39. The van der Waals surface area contributed by atoms with Crippen LogP contribution in [0.25, 0.3) is 0 Å². The van der Waals surface area contributed by atoms with Gasteiger partial charge in [0.05, 0.1) is 5.69 Å². The minimum atomic E-state index is -0.227. The van der Waals surface area contributed by atoms with Crippen molar-refractivity contribution in [3.63, 3.8) is 0 Å². The predicted octanol–water partition coefficient (Wildman–Crippen LogP) is 5.58. The molecule has 3 unspecified atom stereocenters. The Balaban J connectivity index is 1.58. The van der Waals surface area contributed by atoms with Crippen LogP contribution in [-0.2, 0) is 11.3 Å². The van der Waals surface area contributed by atoms with Gasteiger partial charge in [-0.1, -0.05) is 37.1 Å². The Bertz CT molecular complexity index is 924. The highest BCUT2D eigenvalue weighted by molar-refractivity contribution is 6.30. The van der Waals surface area contributed by atoms with Gasteiger partial charge in [0.2, 0.25) is 0 Å². The first kappa shape index (κ1) is 25.3. The molecule has 1 fully saturated rings. The highest BCUT2D eigenvalue weighted by Crippen LogP contribution is 2.29. The molecule has 5 nitrogen and oxygen atoms in total. The van der Waals surface area contributed by atoms with Crippen LogP contribution >= 0.6 is 11.6 Å². The van der Waals surface area contributed by atoms with Crippen LogP contribution in [0.2, 0.25) is 5.02 Å². The summed E-state index contributed by atoms with van der Waals surface area (Å²) in [6, 6.07) is 12.6. The monoisotopic (exact) mass is 475 g/mol. The lowest BCUT2D eigenvalue weighted by Crippen LogP contribution is -2.58. The molecule has 1 aliphatic heterocycles. The maximum atomic E-state index is 13.2. The van der Waals surface area contributed by atoms with Gasteiger partial charge < -0.3 is 15.0 Å². The summed E-state index contributed by atoms with van der Waals surface area (Å²) in [5.74, 6) is 0.374. The molecule has 1 amide bonds. The lowest BCUT2D eigenvalue weighted by Gasteiger charge is -2.44. The zero-order chi connectivity index (χ0) is 24.0. The van der Waals surface area contributed by atoms with E-state index in [2.05, 4.69) is 37.9 Å². The average Bonchev–Trinajstić information content (AvgIpc) is 2.77. The number of piperazine rings is 1. The number of benzene rings is 2. The second-order valence-corrected chi connectivity index (χ2v) is 9.50. The van der Waals surface area contributed by atoms with E-state index in [0.29, 0.717) is 17.3 Å². The molecule has 2 aromatic rings. The Morgan fingerprint density at radius 2 is 1.91 bits per heavy atom. The molecule has 1 heterocycles. The third-order valence-electron chi connectivity index (χ3n) is 6.15. The Kier molecular flexibility index (Phi) is 8.98. The summed E-state index contributed by atoms with van der Waals surface area (Å²) in [5.41, 5.74) is 1.88. The minimum Gasteiger partial charge on any atom is -0.482 e. The molecule has 0 aliphatic carbocycles. The molecule has 3 atom stereocenters. The van der Waals surface area contributed by atoms with E-state index in [1.807, 2.05) is 29.2 Å². The second-order valence-electron chi connectivity index (χ2n) is 9.06. The van der Waals surface area contributed by atoms with Crippen molar-refractivity contribution in [3.05, 3.63) is 58.9 Å². The number of carbonyl (C=O) groups excluding carboxylic acids is 1. The first-order chi connectivity index (χ1) is 15.8. The van der Waals surface area contributed by atoms with Gasteiger partial charge in [0, 0.05) is 42.8 Å². The Morgan fingerprint density at radius 1 is 1.18 bits per heavy atom. The Morgan fingerprint density at radius 3 is 2.61 bits per heavy atom. The first-order valence-electron chi connectivity index (χ1n) is 11.7. The van der Waals surface area contributed by atoms with Gasteiger partial charge in [-0.05, 0) is 63.1 Å². The van der Waals surface area contributed by atoms with Crippen LogP contribution in [0, 0.1) is 5.82 Å². The molecule has 0 bridgehead atoms. The van der Waals surface area contributed by atoms with Gasteiger partial charge in [-0.25, -0.2) is 4.39 Å². The van der Waals surface area contributed by atoms with Crippen LogP contribution in [-0.4, -0.2) is 53.5 Å². The maximum Gasteiger partial charge on any atom is 0.260 e. The largest absolute Gasteiger partial charge is 0.482 e. The SMILES string of the molecule is CCCC(C)Nc1cc(Cl)ccc1OCC(=O)N1CC(C)N(Cc2ccc(F)cc2)CC1C. The van der Waals surface area contributed by atoms with E-state index in [0.717, 1.165) is 37.2 Å². The molecule has 1 N–H and O–H groups in total. The molecular formula is C26H35ClFN3O2. The van der Waals surface area contributed by atoms with Crippen molar-refractivity contribution in [2.24, 2.45) is 0 Å². The van der Waals surface area contributed by atoms with Crippen molar-refractivity contribution in [1.82, 2.24) is 9.80 Å². The van der Waals surface area contributed by atoms with Crippen molar-refractivity contribution in [1.29, 1.82) is 0 Å². The number of amides is 1. The fourth-order valence-electron chi connectivity index (χ4n) is 4.32. The molecule has 180 valence electrons. The van der Waals surface area contributed by atoms with Crippen LogP contribution in [0.3, 0.4) is 0 Å². The van der Waals surface area contributed by atoms with Crippen LogP contribution < -0.4 is 10.1 Å². The number of rotatable bonds is 9. The predicted molar refractivity (Wildman–Crippen MR) is 132 cm³/mol. The maximum absolute atomic E-state index is 13.2. The molecule has 1 saturated heterocycles. The Labute approximate surface area is 201 Å². The summed E-state index contributed by atoms with van der Waals surface area (Å²) in [4.78, 5) is 17.3. The normalized spacial score (nSPS) is 19.9. The Hall–Kier alpha value is -2.31. The average molecular weight is 476 g/mol. The molecule has 0 saturated carbocycles. The first-order valence-corrected chi connectivity index (χ1v) is 12.1. The second kappa shape index (κ2) is 11.7. The van der Waals surface area contributed by atoms with E-state index < -0.39 is 0 Å². The van der Waals surface area contributed by atoms with E-state index >= 15 is 0 Å². The van der Waals surface area contributed by atoms with Crippen LogP contribution in [0.15, 0.2) is 42.5 Å². The van der Waals surface area contributed by atoms with Gasteiger partial charge in [-0.3, -0.25) is 9.69 Å². The zero-order valence-electron chi connectivity index (χ0n) is 20.0. The fraction of sp³-hybridized carbons (Fsp3) is 0.500. The smallest absolute Gasteiger partial charge is 0.260 e. The van der Waals surface area contributed by atoms with Gasteiger partial charge in [-0.2, -0.15) is 0 Å². The molecule has 1 aliphatic rings. The fourth-order valence-corrected chi connectivity index (χ4v) is 4.50. The van der Waals surface area contributed by atoms with Gasteiger partial charge in [0.25, 0.3) is 5.91 Å². The number of hydrogen-bond donors (Lipinski definition) is 1. The van der Waals surface area contributed by atoms with Gasteiger partial charge in [0.1, 0.15) is 11.6 Å². The van der Waals surface area contributed by atoms with E-state index in [9.17, 15) is 9.18 Å². The van der Waals surface area contributed by atoms with Crippen molar-refractivity contribution in [3.8, 4) is 5.75 Å². The number of anilines is 1. The number of halogens is 2. The van der Waals surface area contributed by atoms with Crippen molar-refractivity contribution >= 4 is 23.2 Å². The van der Waals surface area contributed by atoms with Crippen LogP contribution in [0.5, 0.6) is 5.75 Å². The van der Waals surface area contributed by atoms with Crippen molar-refractivity contribution < 1.29 is 13.9 Å². The van der Waals surface area contributed by atoms with Gasteiger partial charge >= 0.3 is 0 Å². The standard InChI is InChI=1S/C26H35ClFN3O2/c1-5-6-18(2)29-24-13-22(27)9-12-25(24)33-17-26(32)31-15-19(3)30(14-20(31)4)16-21-7-10-23(28)11-8-21/h7-13,18-20,29H,5-6,14-17H2,1-4H3. The molecule has 3 rings (SSSR count). The lowest BCUT2D eigenvalue weighted by molar-refractivity contribution is -0.139. The van der Waals surface area contributed by atoms with E-state index in [1.165, 1.54) is 12.1 Å². The highest BCUT2D eigenvalue weighted by atomic mass is 35.5. The number of nitrogens with one attached hydrogen (secondary N) is 1. The number of ether oxygens (including phenoxy) is 1. The molecule has 0 radical (unpaired) electrons. The van der Waals surface area contributed by atoms with E-state index in [-0.39, 0.29) is 36.5 Å². The summed E-state index contributed by atoms with van der Waals surface area (Å²) in [6.07, 6.45) is 2.11.